The van der Waals surface area contributed by atoms with Crippen LogP contribution in [0.25, 0.3) is 6.08 Å². The van der Waals surface area contributed by atoms with Gasteiger partial charge in [0.05, 0.1) is 30.1 Å². The van der Waals surface area contributed by atoms with Gasteiger partial charge < -0.3 is 29.6 Å². The van der Waals surface area contributed by atoms with Gasteiger partial charge in [0.2, 0.25) is 5.91 Å². The highest BCUT2D eigenvalue weighted by Crippen LogP contribution is 2.35. The van der Waals surface area contributed by atoms with Crippen molar-refractivity contribution in [3.8, 4) is 17.2 Å². The Morgan fingerprint density at radius 2 is 1.83 bits per heavy atom. The number of methoxy groups -OCH3 is 2. The van der Waals surface area contributed by atoms with E-state index >= 15 is 0 Å². The molecule has 4 amide bonds. The zero-order chi connectivity index (χ0) is 26.2. The fraction of sp³-hybridized carbons (Fsp3) is 0.250. The maximum atomic E-state index is 12.8. The SMILES string of the molecule is CCOC(=O)COc1c(I)cc(/C=C2/NC(=O)N(CC(=O)Nc3ccccc3OC)C2=O)cc1OC. The molecule has 190 valence electrons. The van der Waals surface area contributed by atoms with Gasteiger partial charge >= 0.3 is 12.0 Å². The van der Waals surface area contributed by atoms with Crippen LogP contribution in [-0.4, -0.2) is 62.7 Å². The van der Waals surface area contributed by atoms with E-state index in [9.17, 15) is 19.2 Å². The number of rotatable bonds is 10. The number of benzene rings is 2. The number of nitrogens with zero attached hydrogens (tertiary/aromatic N) is 1. The highest BCUT2D eigenvalue weighted by molar-refractivity contribution is 14.1. The zero-order valence-electron chi connectivity index (χ0n) is 19.8. The molecule has 1 aliphatic heterocycles. The molecular weight excluding hydrogens is 585 g/mol. The molecule has 0 atom stereocenters. The van der Waals surface area contributed by atoms with E-state index in [4.69, 9.17) is 18.9 Å². The molecule has 2 N–H and O–H groups in total. The number of para-hydroxylation sites is 2. The Bertz CT molecular complexity index is 1210. The Hall–Kier alpha value is -3.81. The highest BCUT2D eigenvalue weighted by atomic mass is 127. The first-order chi connectivity index (χ1) is 17.3. The van der Waals surface area contributed by atoms with E-state index in [1.165, 1.54) is 20.3 Å². The maximum absolute atomic E-state index is 12.8. The van der Waals surface area contributed by atoms with E-state index in [2.05, 4.69) is 10.6 Å². The van der Waals surface area contributed by atoms with E-state index < -0.39 is 30.4 Å². The molecule has 3 rings (SSSR count). The number of carbonyl (C=O) groups excluding carboxylic acids is 4. The summed E-state index contributed by atoms with van der Waals surface area (Å²) in [6, 6.07) is 9.33. The van der Waals surface area contributed by atoms with Gasteiger partial charge in [0, 0.05) is 0 Å². The summed E-state index contributed by atoms with van der Waals surface area (Å²) in [7, 11) is 2.90. The topological polar surface area (TPSA) is 132 Å². The number of nitrogens with one attached hydrogen (secondary N) is 2. The molecule has 1 fully saturated rings. The van der Waals surface area contributed by atoms with Gasteiger partial charge in [-0.25, -0.2) is 14.5 Å². The lowest BCUT2D eigenvalue weighted by molar-refractivity contribution is -0.145. The molecule has 36 heavy (non-hydrogen) atoms. The monoisotopic (exact) mass is 609 g/mol. The molecule has 2 aromatic carbocycles. The second-order valence-corrected chi connectivity index (χ2v) is 8.42. The lowest BCUT2D eigenvalue weighted by atomic mass is 10.1. The molecule has 0 spiro atoms. The van der Waals surface area contributed by atoms with Gasteiger partial charge in [0.1, 0.15) is 18.0 Å². The largest absolute Gasteiger partial charge is 0.495 e. The molecule has 0 bridgehead atoms. The van der Waals surface area contributed by atoms with Crippen LogP contribution in [-0.2, 0) is 19.1 Å². The van der Waals surface area contributed by atoms with Crippen molar-refractivity contribution in [3.63, 3.8) is 0 Å². The Kier molecular flexibility index (Phi) is 9.11. The predicted octanol–water partition coefficient (Wildman–Crippen LogP) is 2.78. The van der Waals surface area contributed by atoms with Gasteiger partial charge in [-0.3, -0.25) is 9.59 Å². The molecule has 0 aromatic heterocycles. The second kappa shape index (κ2) is 12.2. The molecular formula is C24H24IN3O8. The summed E-state index contributed by atoms with van der Waals surface area (Å²) in [5, 5.41) is 5.11. The third-order valence-electron chi connectivity index (χ3n) is 4.85. The van der Waals surface area contributed by atoms with Gasteiger partial charge in [-0.1, -0.05) is 12.1 Å². The second-order valence-electron chi connectivity index (χ2n) is 7.26. The Labute approximate surface area is 220 Å². The third kappa shape index (κ3) is 6.44. The van der Waals surface area contributed by atoms with Crippen LogP contribution in [0.1, 0.15) is 12.5 Å². The number of carbonyl (C=O) groups is 4. The average molecular weight is 609 g/mol. The molecule has 0 aliphatic carbocycles. The van der Waals surface area contributed by atoms with Crippen molar-refractivity contribution in [2.24, 2.45) is 0 Å². The standard InChI is InChI=1S/C24H24IN3O8/c1-4-35-21(30)13-36-22-15(25)9-14(11-19(22)34-3)10-17-23(31)28(24(32)27-17)12-20(29)26-16-7-5-6-8-18(16)33-2/h5-11H,4,12-13H2,1-3H3,(H,26,29)(H,27,32)/b17-10+. The van der Waals surface area contributed by atoms with Crippen molar-refractivity contribution in [2.45, 2.75) is 6.92 Å². The van der Waals surface area contributed by atoms with Gasteiger partial charge in [-0.2, -0.15) is 0 Å². The maximum Gasteiger partial charge on any atom is 0.344 e. The quantitative estimate of drug-likeness (QED) is 0.182. The van der Waals surface area contributed by atoms with Crippen molar-refractivity contribution in [1.29, 1.82) is 0 Å². The molecule has 0 unspecified atom stereocenters. The molecule has 11 nitrogen and oxygen atoms in total. The van der Waals surface area contributed by atoms with Crippen LogP contribution in [0.5, 0.6) is 17.2 Å². The fourth-order valence-electron chi connectivity index (χ4n) is 3.26. The molecule has 1 heterocycles. The number of esters is 1. The number of hydrogen-bond donors (Lipinski definition) is 2. The van der Waals surface area contributed by atoms with E-state index in [-0.39, 0.29) is 18.9 Å². The van der Waals surface area contributed by atoms with Crippen LogP contribution in [0.15, 0.2) is 42.1 Å². The summed E-state index contributed by atoms with van der Waals surface area (Å²) in [5.74, 6) is -0.638. The Balaban J connectivity index is 1.73. The predicted molar refractivity (Wildman–Crippen MR) is 138 cm³/mol. The molecule has 1 saturated heterocycles. The smallest absolute Gasteiger partial charge is 0.344 e. The van der Waals surface area contributed by atoms with Crippen LogP contribution < -0.4 is 24.8 Å². The summed E-state index contributed by atoms with van der Waals surface area (Å²) in [4.78, 5) is 50.1. The molecule has 0 saturated carbocycles. The van der Waals surface area contributed by atoms with E-state index in [0.717, 1.165) is 4.90 Å². The highest BCUT2D eigenvalue weighted by Gasteiger charge is 2.35. The number of amides is 4. The van der Waals surface area contributed by atoms with Gasteiger partial charge in [0.25, 0.3) is 5.91 Å². The minimum Gasteiger partial charge on any atom is -0.495 e. The van der Waals surface area contributed by atoms with E-state index in [0.29, 0.717) is 32.1 Å². The summed E-state index contributed by atoms with van der Waals surface area (Å²) < 4.78 is 21.6. The van der Waals surface area contributed by atoms with Crippen LogP contribution in [0.2, 0.25) is 0 Å². The summed E-state index contributed by atoms with van der Waals surface area (Å²) >= 11 is 2.00. The number of halogens is 1. The summed E-state index contributed by atoms with van der Waals surface area (Å²) in [5.41, 5.74) is 0.937. The normalized spacial score (nSPS) is 13.9. The number of urea groups is 1. The van der Waals surface area contributed by atoms with Crippen molar-refractivity contribution in [3.05, 3.63) is 51.2 Å². The van der Waals surface area contributed by atoms with Crippen LogP contribution >= 0.6 is 22.6 Å². The molecule has 2 aromatic rings. The van der Waals surface area contributed by atoms with Crippen molar-refractivity contribution in [2.75, 3.05) is 39.3 Å². The lowest BCUT2D eigenvalue weighted by Gasteiger charge is -2.14. The zero-order valence-corrected chi connectivity index (χ0v) is 21.9. The number of ether oxygens (including phenoxy) is 4. The third-order valence-corrected chi connectivity index (χ3v) is 5.65. The Morgan fingerprint density at radius 1 is 1.11 bits per heavy atom. The first-order valence-corrected chi connectivity index (χ1v) is 11.8. The summed E-state index contributed by atoms with van der Waals surface area (Å²) in [6.07, 6.45) is 1.46. The molecule has 12 heteroatoms. The van der Waals surface area contributed by atoms with Crippen molar-refractivity contribution in [1.82, 2.24) is 10.2 Å². The molecule has 0 radical (unpaired) electrons. The van der Waals surface area contributed by atoms with Crippen LogP contribution in [0.3, 0.4) is 0 Å². The van der Waals surface area contributed by atoms with Crippen molar-refractivity contribution < 1.29 is 38.1 Å². The first kappa shape index (κ1) is 26.8. The minimum atomic E-state index is -0.725. The summed E-state index contributed by atoms with van der Waals surface area (Å²) in [6.45, 7) is 1.16. The van der Waals surface area contributed by atoms with Crippen LogP contribution in [0, 0.1) is 3.57 Å². The van der Waals surface area contributed by atoms with Gasteiger partial charge in [0.15, 0.2) is 18.1 Å². The molecule has 1 aliphatic rings. The number of imide groups is 1. The lowest BCUT2D eigenvalue weighted by Crippen LogP contribution is -2.38. The minimum absolute atomic E-state index is 0.0110. The van der Waals surface area contributed by atoms with Crippen molar-refractivity contribution >= 4 is 58.2 Å². The van der Waals surface area contributed by atoms with Crippen LogP contribution in [0.4, 0.5) is 10.5 Å². The Morgan fingerprint density at radius 3 is 2.53 bits per heavy atom. The van der Waals surface area contributed by atoms with Gasteiger partial charge in [-0.15, -0.1) is 0 Å². The van der Waals surface area contributed by atoms with Gasteiger partial charge in [-0.05, 0) is 65.4 Å². The number of anilines is 1. The number of hydrogen-bond acceptors (Lipinski definition) is 8. The average Bonchev–Trinajstić information content (AvgIpc) is 3.10. The first-order valence-electron chi connectivity index (χ1n) is 10.7. The van der Waals surface area contributed by atoms with E-state index in [1.807, 2.05) is 22.6 Å². The van der Waals surface area contributed by atoms with E-state index in [1.54, 1.807) is 43.3 Å². The fourth-order valence-corrected chi connectivity index (χ4v) is 4.04.